The zero-order valence-corrected chi connectivity index (χ0v) is 28.2. The number of hydrogen-bond acceptors (Lipinski definition) is 8. The largest absolute Gasteiger partial charge is 0.506 e. The molecular weight excluding hydrogens is 727 g/mol. The van der Waals surface area contributed by atoms with Crippen LogP contribution in [0.4, 0.5) is 8.78 Å². The summed E-state index contributed by atoms with van der Waals surface area (Å²) in [5.41, 5.74) is -2.60. The summed E-state index contributed by atoms with van der Waals surface area (Å²) in [5, 5.41) is 23.4. The topological polar surface area (TPSA) is 183 Å². The monoisotopic (exact) mass is 750 g/mol. The molecule has 0 bridgehead atoms. The maximum Gasteiger partial charge on any atom is 0.295 e. The number of phenols is 2. The summed E-state index contributed by atoms with van der Waals surface area (Å²) in [6.45, 7) is 0. The van der Waals surface area contributed by atoms with Gasteiger partial charge in [-0.1, -0.05) is 84.9 Å². The number of benzene rings is 6. The predicted octanol–water partition coefficient (Wildman–Crippen LogP) is 7.37. The van der Waals surface area contributed by atoms with E-state index in [9.17, 15) is 53.4 Å². The van der Waals surface area contributed by atoms with Crippen LogP contribution in [0, 0.1) is 11.6 Å². The molecular formula is C36H24F2O10S3. The molecule has 6 aromatic rings. The Labute approximate surface area is 291 Å². The normalized spacial score (nSPS) is 12.2. The van der Waals surface area contributed by atoms with E-state index in [0.29, 0.717) is 12.1 Å². The first-order chi connectivity index (χ1) is 24.0. The van der Waals surface area contributed by atoms with Crippen molar-refractivity contribution < 1.29 is 53.4 Å². The highest BCUT2D eigenvalue weighted by molar-refractivity contribution is 7.91. The molecule has 6 aromatic carbocycles. The summed E-state index contributed by atoms with van der Waals surface area (Å²) >= 11 is 0. The smallest absolute Gasteiger partial charge is 0.295 e. The standard InChI is InChI=1S/C36H24F2O10S3/c37-25-15-11-21(12-16-25)27-19-29(33(39)31(35(27)50(43,44)45)23-7-3-1-4-8-23)49(41,42)30-20-28(22-13-17-26(38)18-14-22)36(51(46,47)48)32(34(30)40)24-9-5-2-6-10-24/h1-20,39-40H,(H,43,44,45)(H,46,47,48). The van der Waals surface area contributed by atoms with E-state index < -0.39 is 95.0 Å². The number of aromatic hydroxyl groups is 2. The van der Waals surface area contributed by atoms with Gasteiger partial charge in [0.1, 0.15) is 42.7 Å². The Hall–Kier alpha value is -5.45. The second-order valence-electron chi connectivity index (χ2n) is 11.1. The lowest BCUT2D eigenvalue weighted by molar-refractivity contribution is 0.449. The van der Waals surface area contributed by atoms with E-state index in [1.165, 1.54) is 48.5 Å². The summed E-state index contributed by atoms with van der Waals surface area (Å²) < 4.78 is 130. The van der Waals surface area contributed by atoms with Crippen molar-refractivity contribution in [2.75, 3.05) is 0 Å². The van der Waals surface area contributed by atoms with Gasteiger partial charge in [0.05, 0.1) is 0 Å². The van der Waals surface area contributed by atoms with Crippen molar-refractivity contribution in [1.29, 1.82) is 0 Å². The third kappa shape index (κ3) is 6.60. The molecule has 0 amide bonds. The van der Waals surface area contributed by atoms with Gasteiger partial charge in [-0.15, -0.1) is 0 Å². The number of hydrogen-bond donors (Lipinski definition) is 4. The van der Waals surface area contributed by atoms with Crippen molar-refractivity contribution >= 4 is 30.1 Å². The molecule has 10 nitrogen and oxygen atoms in total. The first kappa shape index (κ1) is 35.4. The van der Waals surface area contributed by atoms with E-state index in [0.717, 1.165) is 48.5 Å². The van der Waals surface area contributed by atoms with E-state index in [2.05, 4.69) is 0 Å². The minimum absolute atomic E-state index is 0.0639. The SMILES string of the molecule is O=S(=O)(O)c1c(-c2ccc(F)cc2)cc(S(=O)(=O)c2cc(-c3ccc(F)cc3)c(S(=O)(=O)O)c(-c3ccccc3)c2O)c(O)c1-c1ccccc1. The summed E-state index contributed by atoms with van der Waals surface area (Å²) in [5.74, 6) is -3.81. The second-order valence-corrected chi connectivity index (χ2v) is 15.8. The fourth-order valence-corrected chi connectivity index (χ4v) is 9.11. The van der Waals surface area contributed by atoms with Gasteiger partial charge in [0.2, 0.25) is 9.84 Å². The van der Waals surface area contributed by atoms with E-state index in [1.54, 1.807) is 12.1 Å². The first-order valence-corrected chi connectivity index (χ1v) is 19.0. The van der Waals surface area contributed by atoms with Crippen molar-refractivity contribution in [1.82, 2.24) is 0 Å². The molecule has 51 heavy (non-hydrogen) atoms. The molecule has 0 radical (unpaired) electrons. The molecule has 4 N–H and O–H groups in total. The maximum atomic E-state index is 14.8. The molecule has 0 saturated carbocycles. The number of rotatable bonds is 8. The van der Waals surface area contributed by atoms with Gasteiger partial charge in [0.25, 0.3) is 20.2 Å². The molecule has 0 aromatic heterocycles. The zero-order valence-electron chi connectivity index (χ0n) is 25.8. The molecule has 0 unspecified atom stereocenters. The Morgan fingerprint density at radius 1 is 0.431 bits per heavy atom. The zero-order chi connectivity index (χ0) is 36.9. The number of halogens is 2. The van der Waals surface area contributed by atoms with Gasteiger partial charge in [-0.3, -0.25) is 9.11 Å². The van der Waals surface area contributed by atoms with Crippen LogP contribution >= 0.6 is 0 Å². The molecule has 0 aliphatic heterocycles. The van der Waals surface area contributed by atoms with Crippen LogP contribution in [0.5, 0.6) is 11.5 Å². The highest BCUT2D eigenvalue weighted by Crippen LogP contribution is 2.51. The van der Waals surface area contributed by atoms with E-state index >= 15 is 0 Å². The van der Waals surface area contributed by atoms with Crippen LogP contribution < -0.4 is 0 Å². The molecule has 0 spiro atoms. The Morgan fingerprint density at radius 3 is 1.04 bits per heavy atom. The molecule has 0 saturated heterocycles. The third-order valence-electron chi connectivity index (χ3n) is 7.96. The molecule has 0 atom stereocenters. The van der Waals surface area contributed by atoms with E-state index in [4.69, 9.17) is 0 Å². The van der Waals surface area contributed by atoms with Crippen molar-refractivity contribution in [3.05, 3.63) is 133 Å². The van der Waals surface area contributed by atoms with Crippen LogP contribution in [0.2, 0.25) is 0 Å². The van der Waals surface area contributed by atoms with Crippen LogP contribution in [0.15, 0.2) is 141 Å². The van der Waals surface area contributed by atoms with Gasteiger partial charge < -0.3 is 10.2 Å². The third-order valence-corrected chi connectivity index (χ3v) is 11.6. The van der Waals surface area contributed by atoms with Gasteiger partial charge in [0.15, 0.2) is 0 Å². The van der Waals surface area contributed by atoms with Crippen LogP contribution in [0.3, 0.4) is 0 Å². The number of phenolic OH excluding ortho intramolecular Hbond substituents is 2. The van der Waals surface area contributed by atoms with Gasteiger partial charge in [-0.2, -0.15) is 16.8 Å². The van der Waals surface area contributed by atoms with Crippen LogP contribution in [0.1, 0.15) is 0 Å². The molecule has 260 valence electrons. The van der Waals surface area contributed by atoms with Crippen LogP contribution in [-0.2, 0) is 30.1 Å². The fourth-order valence-electron chi connectivity index (χ4n) is 5.76. The lowest BCUT2D eigenvalue weighted by Crippen LogP contribution is -2.11. The lowest BCUT2D eigenvalue weighted by Gasteiger charge is -2.21. The van der Waals surface area contributed by atoms with Gasteiger partial charge in [-0.05, 0) is 58.7 Å². The predicted molar refractivity (Wildman–Crippen MR) is 183 cm³/mol. The Morgan fingerprint density at radius 2 is 0.745 bits per heavy atom. The Kier molecular flexibility index (Phi) is 9.03. The molecule has 0 aliphatic carbocycles. The van der Waals surface area contributed by atoms with Crippen LogP contribution in [0.25, 0.3) is 44.5 Å². The van der Waals surface area contributed by atoms with Crippen molar-refractivity contribution in [2.45, 2.75) is 19.6 Å². The van der Waals surface area contributed by atoms with E-state index in [1.807, 2.05) is 0 Å². The number of sulfone groups is 1. The van der Waals surface area contributed by atoms with Gasteiger partial charge >= 0.3 is 0 Å². The van der Waals surface area contributed by atoms with Crippen molar-refractivity contribution in [2.24, 2.45) is 0 Å². The van der Waals surface area contributed by atoms with Crippen LogP contribution in [-0.4, -0.2) is 44.6 Å². The first-order valence-electron chi connectivity index (χ1n) is 14.6. The summed E-state index contributed by atoms with van der Waals surface area (Å²) in [6.07, 6.45) is 0. The fraction of sp³-hybridized carbons (Fsp3) is 0. The molecule has 15 heteroatoms. The highest BCUT2D eigenvalue weighted by atomic mass is 32.2. The van der Waals surface area contributed by atoms with E-state index in [-0.39, 0.29) is 22.3 Å². The van der Waals surface area contributed by atoms with Gasteiger partial charge in [-0.25, -0.2) is 17.2 Å². The lowest BCUT2D eigenvalue weighted by atomic mass is 9.97. The molecule has 0 aliphatic rings. The second kappa shape index (κ2) is 13.0. The summed E-state index contributed by atoms with van der Waals surface area (Å²) in [4.78, 5) is -3.85. The Bertz CT molecular complexity index is 2470. The molecule has 6 rings (SSSR count). The average molecular weight is 751 g/mol. The summed E-state index contributed by atoms with van der Waals surface area (Å²) in [7, 11) is -15.8. The molecule has 0 fully saturated rings. The quantitative estimate of drug-likeness (QED) is 0.115. The highest BCUT2D eigenvalue weighted by Gasteiger charge is 2.37. The maximum absolute atomic E-state index is 14.8. The molecule has 0 heterocycles. The Balaban J connectivity index is 1.80. The minimum atomic E-state index is -5.26. The average Bonchev–Trinajstić information content (AvgIpc) is 3.08. The van der Waals surface area contributed by atoms with Gasteiger partial charge in [0, 0.05) is 22.3 Å². The van der Waals surface area contributed by atoms with Crippen molar-refractivity contribution in [3.8, 4) is 56.0 Å². The summed E-state index contributed by atoms with van der Waals surface area (Å²) in [6, 6.07) is 23.9. The van der Waals surface area contributed by atoms with Crippen molar-refractivity contribution in [3.63, 3.8) is 0 Å². The minimum Gasteiger partial charge on any atom is -0.506 e.